The molecule has 1 fully saturated rings. The Bertz CT molecular complexity index is 467. The molecule has 1 aromatic rings. The highest BCUT2D eigenvalue weighted by atomic mass is 15.3. The third-order valence-corrected chi connectivity index (χ3v) is 3.21. The number of benzene rings is 1. The fourth-order valence-electron chi connectivity index (χ4n) is 3.02. The fraction of sp³-hybridized carbons (Fsp3) is 0.533. The Morgan fingerprint density at radius 2 is 1.67 bits per heavy atom. The van der Waals surface area contributed by atoms with E-state index < -0.39 is 0 Å². The van der Waals surface area contributed by atoms with Crippen molar-refractivity contribution in [3.63, 3.8) is 0 Å². The van der Waals surface area contributed by atoms with E-state index in [-0.39, 0.29) is 11.1 Å². The maximum atomic E-state index is 9.22. The highest BCUT2D eigenvalue weighted by molar-refractivity contribution is 5.60. The molecule has 1 heterocycles. The van der Waals surface area contributed by atoms with Crippen LogP contribution in [-0.4, -0.2) is 24.2 Å². The van der Waals surface area contributed by atoms with Gasteiger partial charge in [0.15, 0.2) is 0 Å². The normalized spacial score (nSPS) is 21.4. The van der Waals surface area contributed by atoms with Crippen molar-refractivity contribution in [2.45, 2.75) is 38.8 Å². The number of piperazine rings is 1. The summed E-state index contributed by atoms with van der Waals surface area (Å²) in [6.45, 7) is 10.6. The summed E-state index contributed by atoms with van der Waals surface area (Å²) in [7, 11) is 0. The molecule has 0 aliphatic carbocycles. The summed E-state index contributed by atoms with van der Waals surface area (Å²) in [6.07, 6.45) is 0. The van der Waals surface area contributed by atoms with Gasteiger partial charge in [0.1, 0.15) is 6.07 Å². The average molecular weight is 243 g/mol. The zero-order valence-corrected chi connectivity index (χ0v) is 11.6. The maximum Gasteiger partial charge on any atom is 0.101 e. The van der Waals surface area contributed by atoms with Crippen LogP contribution in [0.2, 0.25) is 0 Å². The predicted octanol–water partition coefficient (Wildman–Crippen LogP) is 2.53. The van der Waals surface area contributed by atoms with Gasteiger partial charge in [-0.1, -0.05) is 12.1 Å². The lowest BCUT2D eigenvalue weighted by Gasteiger charge is -2.49. The Morgan fingerprint density at radius 1 is 1.11 bits per heavy atom. The van der Waals surface area contributed by atoms with Gasteiger partial charge in [-0.25, -0.2) is 0 Å². The SMILES string of the molecule is CC1(C)CN(c2ccccc2C#N)CC(C)(C)N1. The van der Waals surface area contributed by atoms with E-state index in [2.05, 4.69) is 44.0 Å². The zero-order valence-electron chi connectivity index (χ0n) is 11.6. The third-order valence-electron chi connectivity index (χ3n) is 3.21. The molecule has 0 amide bonds. The summed E-state index contributed by atoms with van der Waals surface area (Å²) in [5.74, 6) is 0. The first kappa shape index (κ1) is 12.9. The van der Waals surface area contributed by atoms with Crippen molar-refractivity contribution in [3.8, 4) is 6.07 Å². The van der Waals surface area contributed by atoms with Gasteiger partial charge < -0.3 is 10.2 Å². The Labute approximate surface area is 109 Å². The molecule has 0 unspecified atom stereocenters. The van der Waals surface area contributed by atoms with Crippen LogP contribution in [0.3, 0.4) is 0 Å². The molecule has 1 aliphatic rings. The van der Waals surface area contributed by atoms with E-state index in [1.165, 1.54) is 0 Å². The first-order valence-corrected chi connectivity index (χ1v) is 6.36. The molecular formula is C15H21N3. The van der Waals surface area contributed by atoms with Gasteiger partial charge in [-0.15, -0.1) is 0 Å². The van der Waals surface area contributed by atoms with E-state index in [1.54, 1.807) is 0 Å². The van der Waals surface area contributed by atoms with Crippen molar-refractivity contribution >= 4 is 5.69 Å². The van der Waals surface area contributed by atoms with Crippen molar-refractivity contribution < 1.29 is 0 Å². The summed E-state index contributed by atoms with van der Waals surface area (Å²) >= 11 is 0. The van der Waals surface area contributed by atoms with Crippen molar-refractivity contribution in [1.82, 2.24) is 5.32 Å². The minimum atomic E-state index is 0.0459. The number of anilines is 1. The largest absolute Gasteiger partial charge is 0.367 e. The van der Waals surface area contributed by atoms with Crippen molar-refractivity contribution in [3.05, 3.63) is 29.8 Å². The Hall–Kier alpha value is -1.53. The van der Waals surface area contributed by atoms with Gasteiger partial charge in [-0.05, 0) is 39.8 Å². The van der Waals surface area contributed by atoms with E-state index in [0.29, 0.717) is 0 Å². The molecule has 1 saturated heterocycles. The van der Waals surface area contributed by atoms with E-state index in [0.717, 1.165) is 24.3 Å². The quantitative estimate of drug-likeness (QED) is 0.823. The molecule has 1 N–H and O–H groups in total. The standard InChI is InChI=1S/C15H21N3/c1-14(2)10-18(11-15(3,4)17-14)13-8-6-5-7-12(13)9-16/h5-8,17H,10-11H2,1-4H3. The Kier molecular flexibility index (Phi) is 3.08. The molecular weight excluding hydrogens is 222 g/mol. The molecule has 0 radical (unpaired) electrons. The Morgan fingerprint density at radius 3 is 2.22 bits per heavy atom. The lowest BCUT2D eigenvalue weighted by atomic mass is 9.90. The van der Waals surface area contributed by atoms with Crippen molar-refractivity contribution in [2.75, 3.05) is 18.0 Å². The minimum Gasteiger partial charge on any atom is -0.367 e. The first-order chi connectivity index (χ1) is 8.33. The number of hydrogen-bond acceptors (Lipinski definition) is 3. The molecule has 18 heavy (non-hydrogen) atoms. The van der Waals surface area contributed by atoms with Gasteiger partial charge in [-0.3, -0.25) is 0 Å². The van der Waals surface area contributed by atoms with E-state index in [1.807, 2.05) is 24.3 Å². The zero-order chi connectivity index (χ0) is 13.4. The molecule has 1 aliphatic heterocycles. The summed E-state index contributed by atoms with van der Waals surface area (Å²) in [4.78, 5) is 2.31. The molecule has 0 atom stereocenters. The number of nitrogens with zero attached hydrogens (tertiary/aromatic N) is 2. The van der Waals surface area contributed by atoms with Crippen LogP contribution in [0.1, 0.15) is 33.3 Å². The second kappa shape index (κ2) is 4.29. The molecule has 3 nitrogen and oxygen atoms in total. The van der Waals surface area contributed by atoms with Gasteiger partial charge in [0.05, 0.1) is 11.3 Å². The molecule has 2 rings (SSSR count). The predicted molar refractivity (Wildman–Crippen MR) is 74.7 cm³/mol. The molecule has 0 spiro atoms. The monoisotopic (exact) mass is 243 g/mol. The Balaban J connectivity index is 2.36. The smallest absolute Gasteiger partial charge is 0.101 e. The van der Waals surface area contributed by atoms with Crippen LogP contribution in [0.25, 0.3) is 0 Å². The maximum absolute atomic E-state index is 9.22. The lowest BCUT2D eigenvalue weighted by molar-refractivity contribution is 0.226. The highest BCUT2D eigenvalue weighted by Crippen LogP contribution is 2.28. The topological polar surface area (TPSA) is 39.1 Å². The van der Waals surface area contributed by atoms with Crippen LogP contribution < -0.4 is 10.2 Å². The van der Waals surface area contributed by atoms with Gasteiger partial charge in [0.2, 0.25) is 0 Å². The van der Waals surface area contributed by atoms with Gasteiger partial charge in [0, 0.05) is 24.2 Å². The molecule has 0 aromatic heterocycles. The summed E-state index contributed by atoms with van der Waals surface area (Å²) < 4.78 is 0. The first-order valence-electron chi connectivity index (χ1n) is 6.36. The summed E-state index contributed by atoms with van der Waals surface area (Å²) in [5.41, 5.74) is 1.89. The van der Waals surface area contributed by atoms with Gasteiger partial charge in [0.25, 0.3) is 0 Å². The number of rotatable bonds is 1. The highest BCUT2D eigenvalue weighted by Gasteiger charge is 2.36. The van der Waals surface area contributed by atoms with Crippen LogP contribution in [0, 0.1) is 11.3 Å². The fourth-order valence-corrected chi connectivity index (χ4v) is 3.02. The minimum absolute atomic E-state index is 0.0459. The number of hydrogen-bond donors (Lipinski definition) is 1. The third kappa shape index (κ3) is 2.65. The van der Waals surface area contributed by atoms with Crippen molar-refractivity contribution in [2.24, 2.45) is 0 Å². The summed E-state index contributed by atoms with van der Waals surface area (Å²) in [6, 6.07) is 10.1. The lowest BCUT2D eigenvalue weighted by Crippen LogP contribution is -2.67. The second-order valence-electron chi connectivity index (χ2n) is 6.38. The van der Waals surface area contributed by atoms with Gasteiger partial charge >= 0.3 is 0 Å². The molecule has 3 heteroatoms. The summed E-state index contributed by atoms with van der Waals surface area (Å²) in [5, 5.41) is 12.9. The van der Waals surface area contributed by atoms with E-state index in [9.17, 15) is 5.26 Å². The van der Waals surface area contributed by atoms with Crippen LogP contribution in [0.15, 0.2) is 24.3 Å². The van der Waals surface area contributed by atoms with Crippen LogP contribution in [0.5, 0.6) is 0 Å². The van der Waals surface area contributed by atoms with Crippen molar-refractivity contribution in [1.29, 1.82) is 5.26 Å². The number of nitriles is 1. The van der Waals surface area contributed by atoms with E-state index in [4.69, 9.17) is 0 Å². The molecule has 1 aromatic carbocycles. The number of nitrogens with one attached hydrogen (secondary N) is 1. The average Bonchev–Trinajstić information content (AvgIpc) is 2.24. The van der Waals surface area contributed by atoms with Crippen LogP contribution >= 0.6 is 0 Å². The second-order valence-corrected chi connectivity index (χ2v) is 6.38. The molecule has 0 saturated carbocycles. The van der Waals surface area contributed by atoms with Crippen LogP contribution in [0.4, 0.5) is 5.69 Å². The van der Waals surface area contributed by atoms with Crippen LogP contribution in [-0.2, 0) is 0 Å². The van der Waals surface area contributed by atoms with E-state index >= 15 is 0 Å². The molecule has 96 valence electrons. The van der Waals surface area contributed by atoms with Gasteiger partial charge in [-0.2, -0.15) is 5.26 Å². The number of para-hydroxylation sites is 1. The molecule has 0 bridgehead atoms.